The number of hydrogen-bond acceptors (Lipinski definition) is 5. The Kier molecular flexibility index (Phi) is 6.52. The molecule has 0 radical (unpaired) electrons. The molecule has 2 aromatic carbocycles. The molecule has 0 aromatic heterocycles. The van der Waals surface area contributed by atoms with Crippen molar-refractivity contribution in [2.45, 2.75) is 13.5 Å². The van der Waals surface area contributed by atoms with Crippen LogP contribution in [-0.2, 0) is 16.1 Å². The van der Waals surface area contributed by atoms with Gasteiger partial charge in [0, 0.05) is 0 Å². The smallest absolute Gasteiger partial charge is 0.341 e. The van der Waals surface area contributed by atoms with Crippen molar-refractivity contribution in [3.63, 3.8) is 0 Å². The zero-order valence-electron chi connectivity index (χ0n) is 15.1. The number of aryl methyl sites for hydroxylation is 1. The lowest BCUT2D eigenvalue weighted by Crippen LogP contribution is -2.27. The van der Waals surface area contributed by atoms with E-state index in [0.29, 0.717) is 5.56 Å². The first-order valence-corrected chi connectivity index (χ1v) is 9.97. The number of rotatable bonds is 6. The Morgan fingerprint density at radius 3 is 2.48 bits per heavy atom. The van der Waals surface area contributed by atoms with Gasteiger partial charge in [-0.05, 0) is 53.6 Å². The number of benzene rings is 2. The Morgan fingerprint density at radius 2 is 1.86 bits per heavy atom. The Balaban J connectivity index is 1.82. The number of carboxylic acids is 1. The number of carboxylic acid groups (broad SMARTS) is 1. The quantitative estimate of drug-likeness (QED) is 0.621. The van der Waals surface area contributed by atoms with Gasteiger partial charge >= 0.3 is 5.97 Å². The highest BCUT2D eigenvalue weighted by Crippen LogP contribution is 2.37. The number of carbonyl (C=O) groups is 3. The van der Waals surface area contributed by atoms with Crippen LogP contribution in [-0.4, -0.2) is 33.7 Å². The summed E-state index contributed by atoms with van der Waals surface area (Å²) in [5.74, 6) is -1.52. The standard InChI is InChI=1S/C20H15Cl2NO5S/c1-11-4-2-3-5-13(11)9-23-19(26)16(29-20(23)27)8-12-6-14(21)18(15(22)7-12)28-10-17(24)25/h2-8H,9-10H2,1H3,(H,24,25)/b16-8-. The van der Waals surface area contributed by atoms with Crippen LogP contribution in [0.1, 0.15) is 16.7 Å². The van der Waals surface area contributed by atoms with Crippen molar-refractivity contribution in [3.8, 4) is 5.75 Å². The summed E-state index contributed by atoms with van der Waals surface area (Å²) < 4.78 is 5.07. The minimum absolute atomic E-state index is 0.0422. The zero-order chi connectivity index (χ0) is 21.1. The minimum atomic E-state index is -1.16. The van der Waals surface area contributed by atoms with Gasteiger partial charge in [-0.2, -0.15) is 0 Å². The average Bonchev–Trinajstić information content (AvgIpc) is 2.90. The van der Waals surface area contributed by atoms with E-state index in [-0.39, 0.29) is 32.5 Å². The predicted octanol–water partition coefficient (Wildman–Crippen LogP) is 5.00. The number of amides is 2. The van der Waals surface area contributed by atoms with Gasteiger partial charge in [0.25, 0.3) is 11.1 Å². The first-order valence-electron chi connectivity index (χ1n) is 8.39. The molecule has 29 heavy (non-hydrogen) atoms. The second-order valence-electron chi connectivity index (χ2n) is 6.19. The highest BCUT2D eigenvalue weighted by molar-refractivity contribution is 8.18. The second kappa shape index (κ2) is 8.90. The molecule has 1 aliphatic rings. The number of aliphatic carboxylic acids is 1. The van der Waals surface area contributed by atoms with E-state index < -0.39 is 18.5 Å². The zero-order valence-corrected chi connectivity index (χ0v) is 17.5. The first-order chi connectivity index (χ1) is 13.8. The van der Waals surface area contributed by atoms with Crippen LogP contribution in [0, 0.1) is 6.92 Å². The van der Waals surface area contributed by atoms with Crippen LogP contribution in [0.5, 0.6) is 5.75 Å². The molecular formula is C20H15Cl2NO5S. The lowest BCUT2D eigenvalue weighted by atomic mass is 10.1. The number of thioether (sulfide) groups is 1. The van der Waals surface area contributed by atoms with Crippen LogP contribution in [0.4, 0.5) is 4.79 Å². The summed E-state index contributed by atoms with van der Waals surface area (Å²) in [4.78, 5) is 37.1. The Bertz CT molecular complexity index is 1010. The van der Waals surface area contributed by atoms with E-state index in [9.17, 15) is 14.4 Å². The summed E-state index contributed by atoms with van der Waals surface area (Å²) in [6.07, 6.45) is 1.52. The van der Waals surface area contributed by atoms with E-state index in [1.165, 1.54) is 23.1 Å². The van der Waals surface area contributed by atoms with Gasteiger partial charge in [0.05, 0.1) is 21.5 Å². The third-order valence-corrected chi connectivity index (χ3v) is 5.59. The summed E-state index contributed by atoms with van der Waals surface area (Å²) in [7, 11) is 0. The van der Waals surface area contributed by atoms with Crippen molar-refractivity contribution in [3.05, 3.63) is 68.0 Å². The van der Waals surface area contributed by atoms with E-state index in [1.54, 1.807) is 0 Å². The molecule has 2 amide bonds. The van der Waals surface area contributed by atoms with E-state index in [4.69, 9.17) is 33.0 Å². The Labute approximate surface area is 181 Å². The number of carbonyl (C=O) groups excluding carboxylic acids is 2. The van der Waals surface area contributed by atoms with Gasteiger partial charge in [0.1, 0.15) is 0 Å². The van der Waals surface area contributed by atoms with Crippen molar-refractivity contribution >= 4 is 58.2 Å². The molecule has 150 valence electrons. The third kappa shape index (κ3) is 4.93. The van der Waals surface area contributed by atoms with Crippen LogP contribution >= 0.6 is 35.0 Å². The normalized spacial score (nSPS) is 15.3. The van der Waals surface area contributed by atoms with Crippen molar-refractivity contribution < 1.29 is 24.2 Å². The summed E-state index contributed by atoms with van der Waals surface area (Å²) in [5.41, 5.74) is 2.37. The molecule has 9 heteroatoms. The highest BCUT2D eigenvalue weighted by atomic mass is 35.5. The molecule has 0 bridgehead atoms. The Hall–Kier alpha value is -2.48. The van der Waals surface area contributed by atoms with Crippen LogP contribution < -0.4 is 4.74 Å². The molecule has 1 heterocycles. The maximum absolute atomic E-state index is 12.7. The van der Waals surface area contributed by atoms with Crippen LogP contribution in [0.25, 0.3) is 6.08 Å². The van der Waals surface area contributed by atoms with E-state index >= 15 is 0 Å². The fourth-order valence-corrected chi connectivity index (χ4v) is 4.13. The van der Waals surface area contributed by atoms with E-state index in [1.807, 2.05) is 31.2 Å². The fourth-order valence-electron chi connectivity index (χ4n) is 2.68. The molecule has 6 nitrogen and oxygen atoms in total. The average molecular weight is 452 g/mol. The summed E-state index contributed by atoms with van der Waals surface area (Å²) >= 11 is 13.1. The predicted molar refractivity (Wildman–Crippen MR) is 112 cm³/mol. The molecule has 0 atom stereocenters. The molecule has 0 saturated carbocycles. The number of ether oxygens (including phenoxy) is 1. The van der Waals surface area contributed by atoms with E-state index in [2.05, 4.69) is 0 Å². The van der Waals surface area contributed by atoms with Gasteiger partial charge < -0.3 is 9.84 Å². The largest absolute Gasteiger partial charge is 0.479 e. The van der Waals surface area contributed by atoms with Crippen molar-refractivity contribution in [2.75, 3.05) is 6.61 Å². The third-order valence-electron chi connectivity index (χ3n) is 4.12. The maximum atomic E-state index is 12.7. The summed E-state index contributed by atoms with van der Waals surface area (Å²) in [5, 5.41) is 8.55. The molecule has 0 aliphatic carbocycles. The SMILES string of the molecule is Cc1ccccc1CN1C(=O)S/C(=C\c2cc(Cl)c(OCC(=O)O)c(Cl)c2)C1=O. The second-order valence-corrected chi connectivity index (χ2v) is 8.00. The lowest BCUT2D eigenvalue weighted by Gasteiger charge is -2.14. The lowest BCUT2D eigenvalue weighted by molar-refractivity contribution is -0.139. The first kappa shape index (κ1) is 21.2. The molecule has 1 fully saturated rings. The summed E-state index contributed by atoms with van der Waals surface area (Å²) in [6, 6.07) is 10.5. The number of nitrogens with zero attached hydrogens (tertiary/aromatic N) is 1. The van der Waals surface area contributed by atoms with Crippen molar-refractivity contribution in [1.29, 1.82) is 0 Å². The molecular weight excluding hydrogens is 437 g/mol. The van der Waals surface area contributed by atoms with Gasteiger partial charge in [-0.1, -0.05) is 47.5 Å². The molecule has 1 aliphatic heterocycles. The van der Waals surface area contributed by atoms with E-state index in [0.717, 1.165) is 22.9 Å². The number of imide groups is 1. The minimum Gasteiger partial charge on any atom is -0.479 e. The van der Waals surface area contributed by atoms with Gasteiger partial charge in [-0.25, -0.2) is 4.79 Å². The molecule has 0 spiro atoms. The maximum Gasteiger partial charge on any atom is 0.341 e. The van der Waals surface area contributed by atoms with Gasteiger partial charge in [0.15, 0.2) is 12.4 Å². The monoisotopic (exact) mass is 451 g/mol. The Morgan fingerprint density at radius 1 is 1.21 bits per heavy atom. The molecule has 1 N–H and O–H groups in total. The highest BCUT2D eigenvalue weighted by Gasteiger charge is 2.35. The van der Waals surface area contributed by atoms with Gasteiger partial charge in [-0.3, -0.25) is 14.5 Å². The van der Waals surface area contributed by atoms with Gasteiger partial charge in [0.2, 0.25) is 0 Å². The van der Waals surface area contributed by atoms with Crippen LogP contribution in [0.15, 0.2) is 41.3 Å². The number of halogens is 2. The molecule has 0 unspecified atom stereocenters. The molecule has 3 rings (SSSR count). The van der Waals surface area contributed by atoms with Crippen molar-refractivity contribution in [1.82, 2.24) is 4.90 Å². The van der Waals surface area contributed by atoms with Crippen LogP contribution in [0.3, 0.4) is 0 Å². The topological polar surface area (TPSA) is 83.9 Å². The van der Waals surface area contributed by atoms with Crippen molar-refractivity contribution in [2.24, 2.45) is 0 Å². The van der Waals surface area contributed by atoms with Crippen LogP contribution in [0.2, 0.25) is 10.0 Å². The van der Waals surface area contributed by atoms with Gasteiger partial charge in [-0.15, -0.1) is 0 Å². The summed E-state index contributed by atoms with van der Waals surface area (Å²) in [6.45, 7) is 1.52. The molecule has 2 aromatic rings. The number of hydrogen-bond donors (Lipinski definition) is 1. The molecule has 1 saturated heterocycles. The fraction of sp³-hybridized carbons (Fsp3) is 0.150.